The van der Waals surface area contributed by atoms with Crippen molar-refractivity contribution in [1.29, 1.82) is 0 Å². The highest BCUT2D eigenvalue weighted by molar-refractivity contribution is 7.15. The van der Waals surface area contributed by atoms with Crippen molar-refractivity contribution in [2.75, 3.05) is 11.9 Å². The Bertz CT molecular complexity index is 725. The largest absolute Gasteiger partial charge is 0.481 e. The van der Waals surface area contributed by atoms with Gasteiger partial charge in [0.25, 0.3) is 5.91 Å². The number of carboxylic acid groups (broad SMARTS) is 1. The van der Waals surface area contributed by atoms with E-state index in [0.29, 0.717) is 16.1 Å². The van der Waals surface area contributed by atoms with Crippen LogP contribution in [0.15, 0.2) is 35.7 Å². The van der Waals surface area contributed by atoms with Crippen molar-refractivity contribution in [3.8, 4) is 11.1 Å². The fourth-order valence-corrected chi connectivity index (χ4v) is 3.05. The van der Waals surface area contributed by atoms with E-state index in [9.17, 15) is 14.4 Å². The number of carboxylic acids is 1. The van der Waals surface area contributed by atoms with E-state index >= 15 is 0 Å². The molecule has 0 spiro atoms. The van der Waals surface area contributed by atoms with Crippen LogP contribution in [-0.2, 0) is 9.59 Å². The summed E-state index contributed by atoms with van der Waals surface area (Å²) >= 11 is 1.26. The van der Waals surface area contributed by atoms with E-state index in [4.69, 9.17) is 5.11 Å². The Hall–Kier alpha value is -2.67. The molecular weight excluding hydrogens is 316 g/mol. The van der Waals surface area contributed by atoms with Crippen LogP contribution in [0.5, 0.6) is 0 Å². The van der Waals surface area contributed by atoms with Crippen molar-refractivity contribution in [1.82, 2.24) is 5.32 Å². The number of amides is 2. The molecule has 23 heavy (non-hydrogen) atoms. The average Bonchev–Trinajstić information content (AvgIpc) is 2.90. The maximum atomic E-state index is 12.4. The third kappa shape index (κ3) is 4.40. The highest BCUT2D eigenvalue weighted by Gasteiger charge is 2.20. The van der Waals surface area contributed by atoms with Gasteiger partial charge in [-0.2, -0.15) is 0 Å². The van der Waals surface area contributed by atoms with Gasteiger partial charge in [-0.15, -0.1) is 11.3 Å². The van der Waals surface area contributed by atoms with Gasteiger partial charge in [-0.1, -0.05) is 30.3 Å². The predicted molar refractivity (Wildman–Crippen MR) is 88.6 cm³/mol. The van der Waals surface area contributed by atoms with E-state index < -0.39 is 11.9 Å². The summed E-state index contributed by atoms with van der Waals surface area (Å²) in [6, 6.07) is 9.33. The van der Waals surface area contributed by atoms with E-state index in [1.807, 2.05) is 30.3 Å². The fraction of sp³-hybridized carbons (Fsp3) is 0.188. The van der Waals surface area contributed by atoms with Gasteiger partial charge < -0.3 is 15.7 Å². The smallest absolute Gasteiger partial charge is 0.305 e. The van der Waals surface area contributed by atoms with E-state index in [2.05, 4.69) is 10.6 Å². The van der Waals surface area contributed by atoms with Crippen molar-refractivity contribution in [2.45, 2.75) is 13.3 Å². The number of aliphatic carboxylic acids is 1. The number of hydrogen-bond acceptors (Lipinski definition) is 4. The maximum absolute atomic E-state index is 12.4. The second-order valence-corrected chi connectivity index (χ2v) is 5.68. The lowest BCUT2D eigenvalue weighted by molar-refractivity contribution is -0.136. The minimum atomic E-state index is -0.985. The van der Waals surface area contributed by atoms with Gasteiger partial charge in [-0.25, -0.2) is 0 Å². The third-order valence-electron chi connectivity index (χ3n) is 3.02. The van der Waals surface area contributed by atoms with Crippen LogP contribution in [0.4, 0.5) is 5.00 Å². The SMILES string of the molecule is CC(=O)Nc1scc(-c2ccccc2)c1C(=O)NCCC(=O)O. The first-order valence-electron chi connectivity index (χ1n) is 6.93. The summed E-state index contributed by atoms with van der Waals surface area (Å²) < 4.78 is 0. The van der Waals surface area contributed by atoms with Crippen LogP contribution in [0, 0.1) is 0 Å². The van der Waals surface area contributed by atoms with Crippen molar-refractivity contribution in [3.63, 3.8) is 0 Å². The first-order valence-corrected chi connectivity index (χ1v) is 7.81. The Kier molecular flexibility index (Phi) is 5.48. The summed E-state index contributed by atoms with van der Waals surface area (Å²) in [5.41, 5.74) is 1.90. The Morgan fingerprint density at radius 3 is 2.48 bits per heavy atom. The molecule has 0 atom stereocenters. The highest BCUT2D eigenvalue weighted by Crippen LogP contribution is 2.35. The van der Waals surface area contributed by atoms with Crippen LogP contribution >= 0.6 is 11.3 Å². The zero-order chi connectivity index (χ0) is 16.8. The molecule has 1 aromatic carbocycles. The summed E-state index contributed by atoms with van der Waals surface area (Å²) in [4.78, 5) is 34.3. The van der Waals surface area contributed by atoms with Crippen LogP contribution < -0.4 is 10.6 Å². The second-order valence-electron chi connectivity index (χ2n) is 4.80. The number of anilines is 1. The van der Waals surface area contributed by atoms with Crippen molar-refractivity contribution in [2.24, 2.45) is 0 Å². The van der Waals surface area contributed by atoms with E-state index in [0.717, 1.165) is 5.56 Å². The molecule has 6 nitrogen and oxygen atoms in total. The zero-order valence-corrected chi connectivity index (χ0v) is 13.3. The Balaban J connectivity index is 2.33. The van der Waals surface area contributed by atoms with Crippen LogP contribution in [0.1, 0.15) is 23.7 Å². The van der Waals surface area contributed by atoms with Crippen LogP contribution in [0.2, 0.25) is 0 Å². The molecule has 0 aliphatic heterocycles. The van der Waals surface area contributed by atoms with Crippen molar-refractivity contribution in [3.05, 3.63) is 41.3 Å². The minimum Gasteiger partial charge on any atom is -0.481 e. The summed E-state index contributed by atoms with van der Waals surface area (Å²) in [6.45, 7) is 1.39. The molecule has 0 radical (unpaired) electrons. The Labute approximate surface area is 137 Å². The molecule has 2 rings (SSSR count). The summed E-state index contributed by atoms with van der Waals surface area (Å²) in [5.74, 6) is -1.66. The number of rotatable bonds is 6. The van der Waals surface area contributed by atoms with Gasteiger partial charge in [0.05, 0.1) is 12.0 Å². The molecule has 0 fully saturated rings. The molecule has 0 unspecified atom stereocenters. The molecule has 1 aromatic heterocycles. The predicted octanol–water partition coefficient (Wildman–Crippen LogP) is 2.58. The number of thiophene rings is 1. The lowest BCUT2D eigenvalue weighted by Crippen LogP contribution is -2.27. The van der Waals surface area contributed by atoms with Crippen LogP contribution in [0.3, 0.4) is 0 Å². The number of carbonyl (C=O) groups excluding carboxylic acids is 2. The maximum Gasteiger partial charge on any atom is 0.305 e. The van der Waals surface area contributed by atoms with Crippen LogP contribution in [0.25, 0.3) is 11.1 Å². The van der Waals surface area contributed by atoms with E-state index in [-0.39, 0.29) is 18.9 Å². The number of nitrogens with one attached hydrogen (secondary N) is 2. The average molecular weight is 332 g/mol. The third-order valence-corrected chi connectivity index (χ3v) is 3.91. The molecule has 7 heteroatoms. The second kappa shape index (κ2) is 7.55. The molecule has 3 N–H and O–H groups in total. The lowest BCUT2D eigenvalue weighted by Gasteiger charge is -2.09. The number of hydrogen-bond donors (Lipinski definition) is 3. The molecule has 0 aliphatic carbocycles. The normalized spacial score (nSPS) is 10.1. The van der Waals surface area contributed by atoms with Gasteiger partial charge in [0, 0.05) is 24.4 Å². The zero-order valence-electron chi connectivity index (χ0n) is 12.5. The Morgan fingerprint density at radius 2 is 1.87 bits per heavy atom. The number of benzene rings is 1. The van der Waals surface area contributed by atoms with Gasteiger partial charge in [0.15, 0.2) is 0 Å². The van der Waals surface area contributed by atoms with Gasteiger partial charge in [0.2, 0.25) is 5.91 Å². The fourth-order valence-electron chi connectivity index (χ4n) is 2.04. The monoisotopic (exact) mass is 332 g/mol. The summed E-state index contributed by atoms with van der Waals surface area (Å²) in [5, 5.41) is 16.1. The van der Waals surface area contributed by atoms with Gasteiger partial charge in [-0.3, -0.25) is 14.4 Å². The Morgan fingerprint density at radius 1 is 1.17 bits per heavy atom. The van der Waals surface area contributed by atoms with Crippen molar-refractivity contribution < 1.29 is 19.5 Å². The van der Waals surface area contributed by atoms with Crippen molar-refractivity contribution >= 4 is 34.1 Å². The molecular formula is C16H16N2O4S. The van der Waals surface area contributed by atoms with Crippen LogP contribution in [-0.4, -0.2) is 29.4 Å². The molecule has 0 saturated carbocycles. The molecule has 2 amide bonds. The molecule has 0 bridgehead atoms. The molecule has 1 heterocycles. The quantitative estimate of drug-likeness (QED) is 0.757. The minimum absolute atomic E-state index is 0.0256. The first-order chi connectivity index (χ1) is 11.0. The topological polar surface area (TPSA) is 95.5 Å². The van der Waals surface area contributed by atoms with Gasteiger partial charge in [-0.05, 0) is 5.56 Å². The molecule has 2 aromatic rings. The molecule has 120 valence electrons. The molecule has 0 aliphatic rings. The standard InChI is InChI=1S/C16H16N2O4S/c1-10(19)18-16-14(15(22)17-8-7-13(20)21)12(9-23-16)11-5-3-2-4-6-11/h2-6,9H,7-8H2,1H3,(H,17,22)(H,18,19)(H,20,21). The highest BCUT2D eigenvalue weighted by atomic mass is 32.1. The lowest BCUT2D eigenvalue weighted by atomic mass is 10.0. The summed E-state index contributed by atoms with van der Waals surface area (Å²) in [7, 11) is 0. The summed E-state index contributed by atoms with van der Waals surface area (Å²) in [6.07, 6.45) is -0.161. The van der Waals surface area contributed by atoms with Gasteiger partial charge >= 0.3 is 5.97 Å². The van der Waals surface area contributed by atoms with E-state index in [1.54, 1.807) is 5.38 Å². The molecule has 0 saturated heterocycles. The number of carbonyl (C=O) groups is 3. The van der Waals surface area contributed by atoms with E-state index in [1.165, 1.54) is 18.3 Å². The van der Waals surface area contributed by atoms with Gasteiger partial charge in [0.1, 0.15) is 5.00 Å². The first kappa shape index (κ1) is 16.7.